The van der Waals surface area contributed by atoms with Crippen LogP contribution in [0, 0.1) is 34.5 Å². The number of fused-ring (bicyclic) bond motifs is 3. The van der Waals surface area contributed by atoms with E-state index in [9.17, 15) is 24.9 Å². The van der Waals surface area contributed by atoms with Crippen LogP contribution >= 0.6 is 0 Å². The summed E-state index contributed by atoms with van der Waals surface area (Å²) in [6, 6.07) is 0. The monoisotopic (exact) mass is 402 g/mol. The Morgan fingerprint density at radius 1 is 1.28 bits per heavy atom. The van der Waals surface area contributed by atoms with E-state index >= 15 is 0 Å². The van der Waals surface area contributed by atoms with Crippen LogP contribution in [0.25, 0.3) is 0 Å². The molecule has 3 saturated carbocycles. The molecule has 6 nitrogen and oxygen atoms in total. The Labute approximate surface area is 170 Å². The SMILES string of the molecule is CC1=CC23CCC4[C@H]([C@H](C=C(CO)[C@@H](O)[C@]2(O)[C@H]1OC(=O)C1CC1)C3=O)C4(C)C. The Kier molecular flexibility index (Phi) is 3.89. The van der Waals surface area contributed by atoms with E-state index in [2.05, 4.69) is 13.8 Å². The number of aliphatic hydroxyl groups excluding tert-OH is 2. The number of ketones is 1. The molecular formula is C23H30O6. The normalized spacial score (nSPS) is 47.2. The number of esters is 1. The lowest BCUT2D eigenvalue weighted by atomic mass is 9.63. The van der Waals surface area contributed by atoms with Gasteiger partial charge in [-0.15, -0.1) is 0 Å². The van der Waals surface area contributed by atoms with Crippen molar-refractivity contribution in [1.82, 2.24) is 0 Å². The van der Waals surface area contributed by atoms with Crippen LogP contribution in [0.1, 0.15) is 46.5 Å². The molecular weight excluding hydrogens is 372 g/mol. The van der Waals surface area contributed by atoms with E-state index in [4.69, 9.17) is 4.74 Å². The molecule has 5 aliphatic rings. The van der Waals surface area contributed by atoms with Crippen molar-refractivity contribution in [3.05, 3.63) is 23.3 Å². The van der Waals surface area contributed by atoms with Gasteiger partial charge in [-0.25, -0.2) is 0 Å². The minimum atomic E-state index is -2.00. The van der Waals surface area contributed by atoms with Crippen molar-refractivity contribution < 1.29 is 29.6 Å². The summed E-state index contributed by atoms with van der Waals surface area (Å²) in [4.78, 5) is 26.4. The molecule has 5 aliphatic carbocycles. The second-order valence-corrected chi connectivity index (χ2v) is 10.5. The maximum absolute atomic E-state index is 13.9. The molecule has 2 unspecified atom stereocenters. The number of carbonyl (C=O) groups is 2. The number of aliphatic hydroxyl groups is 3. The second-order valence-electron chi connectivity index (χ2n) is 10.5. The molecule has 29 heavy (non-hydrogen) atoms. The van der Waals surface area contributed by atoms with Crippen LogP contribution in [0.2, 0.25) is 0 Å². The van der Waals surface area contributed by atoms with Gasteiger partial charge >= 0.3 is 5.97 Å². The fourth-order valence-electron chi connectivity index (χ4n) is 6.74. The second kappa shape index (κ2) is 5.80. The minimum Gasteiger partial charge on any atom is -0.454 e. The van der Waals surface area contributed by atoms with E-state index in [0.29, 0.717) is 17.9 Å². The van der Waals surface area contributed by atoms with Crippen LogP contribution in [0.5, 0.6) is 0 Å². The number of carbonyl (C=O) groups excluding carboxylic acids is 2. The summed E-state index contributed by atoms with van der Waals surface area (Å²) in [7, 11) is 0. The highest BCUT2D eigenvalue weighted by Crippen LogP contribution is 2.70. The van der Waals surface area contributed by atoms with Gasteiger partial charge in [0.15, 0.2) is 17.5 Å². The van der Waals surface area contributed by atoms with Crippen LogP contribution in [0.3, 0.4) is 0 Å². The van der Waals surface area contributed by atoms with E-state index in [-0.39, 0.29) is 34.6 Å². The van der Waals surface area contributed by atoms with Gasteiger partial charge in [0.1, 0.15) is 6.10 Å². The van der Waals surface area contributed by atoms with Crippen molar-refractivity contribution in [1.29, 1.82) is 0 Å². The van der Waals surface area contributed by atoms with Crippen LogP contribution < -0.4 is 0 Å². The maximum Gasteiger partial charge on any atom is 0.309 e. The molecule has 3 fully saturated rings. The molecule has 7 atom stereocenters. The summed E-state index contributed by atoms with van der Waals surface area (Å²) in [5.41, 5.74) is -2.45. The van der Waals surface area contributed by atoms with Gasteiger partial charge in [-0.05, 0) is 61.0 Å². The number of allylic oxidation sites excluding steroid dienone is 1. The Bertz CT molecular complexity index is 851. The predicted octanol–water partition coefficient (Wildman–Crippen LogP) is 1.53. The molecule has 2 bridgehead atoms. The predicted molar refractivity (Wildman–Crippen MR) is 103 cm³/mol. The first-order valence-electron chi connectivity index (χ1n) is 10.8. The van der Waals surface area contributed by atoms with Gasteiger partial charge in [-0.1, -0.05) is 26.0 Å². The zero-order valence-electron chi connectivity index (χ0n) is 17.2. The van der Waals surface area contributed by atoms with Gasteiger partial charge in [-0.3, -0.25) is 9.59 Å². The summed E-state index contributed by atoms with van der Waals surface area (Å²) in [6.45, 7) is 5.61. The van der Waals surface area contributed by atoms with Crippen molar-refractivity contribution in [2.24, 2.45) is 34.5 Å². The molecule has 1 spiro atoms. The Balaban J connectivity index is 1.64. The highest BCUT2D eigenvalue weighted by Gasteiger charge is 2.74. The Hall–Kier alpha value is -1.50. The lowest BCUT2D eigenvalue weighted by Gasteiger charge is -2.46. The fourth-order valence-corrected chi connectivity index (χ4v) is 6.74. The van der Waals surface area contributed by atoms with Gasteiger partial charge in [0.25, 0.3) is 0 Å². The van der Waals surface area contributed by atoms with E-state index in [1.54, 1.807) is 19.1 Å². The van der Waals surface area contributed by atoms with Crippen LogP contribution in [0.15, 0.2) is 23.3 Å². The number of ether oxygens (including phenoxy) is 1. The van der Waals surface area contributed by atoms with E-state index < -0.39 is 35.7 Å². The molecule has 5 rings (SSSR count). The van der Waals surface area contributed by atoms with Gasteiger partial charge in [0.05, 0.1) is 17.9 Å². The maximum atomic E-state index is 13.9. The molecule has 0 saturated heterocycles. The molecule has 0 heterocycles. The summed E-state index contributed by atoms with van der Waals surface area (Å²) < 4.78 is 5.71. The largest absolute Gasteiger partial charge is 0.454 e. The first-order chi connectivity index (χ1) is 13.6. The van der Waals surface area contributed by atoms with Crippen molar-refractivity contribution in [3.8, 4) is 0 Å². The number of hydrogen-bond acceptors (Lipinski definition) is 6. The quantitative estimate of drug-likeness (QED) is 0.489. The topological polar surface area (TPSA) is 104 Å². The average Bonchev–Trinajstić information content (AvgIpc) is 3.57. The minimum absolute atomic E-state index is 0.0155. The molecule has 0 aromatic carbocycles. The average molecular weight is 402 g/mol. The first kappa shape index (κ1) is 19.5. The van der Waals surface area contributed by atoms with E-state index in [1.807, 2.05) is 0 Å². The number of Topliss-reactive ketones (excluding diaryl/α,β-unsaturated/α-hetero) is 1. The number of rotatable bonds is 3. The lowest BCUT2D eigenvalue weighted by Crippen LogP contribution is -2.63. The first-order valence-corrected chi connectivity index (χ1v) is 10.8. The third kappa shape index (κ3) is 2.28. The lowest BCUT2D eigenvalue weighted by molar-refractivity contribution is -0.197. The number of hydrogen-bond donors (Lipinski definition) is 3. The van der Waals surface area contributed by atoms with Gasteiger partial charge in [-0.2, -0.15) is 0 Å². The summed E-state index contributed by atoms with van der Waals surface area (Å²) in [6.07, 6.45) is 3.57. The zero-order chi connectivity index (χ0) is 20.9. The zero-order valence-corrected chi connectivity index (χ0v) is 17.2. The molecule has 0 amide bonds. The third-order valence-corrected chi connectivity index (χ3v) is 8.61. The van der Waals surface area contributed by atoms with Gasteiger partial charge in [0, 0.05) is 5.92 Å². The van der Waals surface area contributed by atoms with Crippen molar-refractivity contribution >= 4 is 11.8 Å². The Morgan fingerprint density at radius 2 is 1.97 bits per heavy atom. The molecule has 0 aliphatic heterocycles. The molecule has 0 aromatic rings. The molecule has 3 N–H and O–H groups in total. The molecule has 0 radical (unpaired) electrons. The standard InChI is InChI=1S/C23H30O6/c1-11-9-22-7-6-15-16(21(15,2)3)14(18(22)26)8-13(10-24)17(25)23(22,28)19(11)29-20(27)12-4-5-12/h8-9,12,14-17,19,24-25,28H,4-7,10H2,1-3H3/t14-,15?,16-,17+,19-,22?,23-/m0/s1. The van der Waals surface area contributed by atoms with Crippen LogP contribution in [-0.4, -0.2) is 51.5 Å². The van der Waals surface area contributed by atoms with Gasteiger partial charge in [0.2, 0.25) is 0 Å². The van der Waals surface area contributed by atoms with E-state index in [0.717, 1.165) is 19.3 Å². The van der Waals surface area contributed by atoms with Gasteiger partial charge < -0.3 is 20.1 Å². The smallest absolute Gasteiger partial charge is 0.309 e. The van der Waals surface area contributed by atoms with Crippen molar-refractivity contribution in [2.75, 3.05) is 6.61 Å². The molecule has 158 valence electrons. The highest BCUT2D eigenvalue weighted by atomic mass is 16.6. The van der Waals surface area contributed by atoms with E-state index in [1.165, 1.54) is 0 Å². The summed E-state index contributed by atoms with van der Waals surface area (Å²) >= 11 is 0. The van der Waals surface area contributed by atoms with Crippen LogP contribution in [-0.2, 0) is 14.3 Å². The van der Waals surface area contributed by atoms with Crippen molar-refractivity contribution in [2.45, 2.75) is 64.3 Å². The third-order valence-electron chi connectivity index (χ3n) is 8.61. The molecule has 6 heteroatoms. The highest BCUT2D eigenvalue weighted by molar-refractivity contribution is 5.95. The van der Waals surface area contributed by atoms with Crippen LogP contribution in [0.4, 0.5) is 0 Å². The molecule has 0 aromatic heterocycles. The fraction of sp³-hybridized carbons (Fsp3) is 0.739. The van der Waals surface area contributed by atoms with Crippen molar-refractivity contribution in [3.63, 3.8) is 0 Å². The summed E-state index contributed by atoms with van der Waals surface area (Å²) in [5.74, 6) is -0.652. The Morgan fingerprint density at radius 3 is 2.59 bits per heavy atom. The summed E-state index contributed by atoms with van der Waals surface area (Å²) in [5, 5.41) is 33.3.